The predicted octanol–water partition coefficient (Wildman–Crippen LogP) is 1.11. The molecule has 1 aliphatic rings. The van der Waals surface area contributed by atoms with Gasteiger partial charge in [0.1, 0.15) is 5.82 Å². The molecule has 0 saturated carbocycles. The van der Waals surface area contributed by atoms with Gasteiger partial charge in [-0.2, -0.15) is 4.98 Å². The Kier molecular flexibility index (Phi) is 3.47. The van der Waals surface area contributed by atoms with Crippen LogP contribution in [0.15, 0.2) is 6.07 Å². The van der Waals surface area contributed by atoms with Crippen LogP contribution in [-0.4, -0.2) is 29.1 Å². The van der Waals surface area contributed by atoms with Crippen LogP contribution in [0.25, 0.3) is 0 Å². The van der Waals surface area contributed by atoms with Crippen LogP contribution in [0.4, 0.5) is 11.8 Å². The molecule has 1 atom stereocenters. The van der Waals surface area contributed by atoms with E-state index in [4.69, 9.17) is 11.5 Å². The summed E-state index contributed by atoms with van der Waals surface area (Å²) < 4.78 is 0. The van der Waals surface area contributed by atoms with Crippen LogP contribution < -0.4 is 16.4 Å². The fraction of sp³-hybridized carbons (Fsp3) is 0.667. The van der Waals surface area contributed by atoms with Crippen molar-refractivity contribution in [3.8, 4) is 0 Å². The van der Waals surface area contributed by atoms with Crippen molar-refractivity contribution in [3.63, 3.8) is 0 Å². The molecule has 4 N–H and O–H groups in total. The van der Waals surface area contributed by atoms with Crippen molar-refractivity contribution in [1.82, 2.24) is 9.97 Å². The molecule has 1 aliphatic heterocycles. The third kappa shape index (κ3) is 2.85. The fourth-order valence-corrected chi connectivity index (χ4v) is 2.15. The first-order valence-corrected chi connectivity index (χ1v) is 6.21. The van der Waals surface area contributed by atoms with E-state index in [0.717, 1.165) is 37.4 Å². The minimum Gasteiger partial charge on any atom is -0.368 e. The Labute approximate surface area is 102 Å². The molecule has 1 saturated heterocycles. The summed E-state index contributed by atoms with van der Waals surface area (Å²) in [5.41, 5.74) is 12.7. The third-order valence-electron chi connectivity index (χ3n) is 3.12. The summed E-state index contributed by atoms with van der Waals surface area (Å²) in [4.78, 5) is 10.8. The number of rotatable bonds is 2. The lowest BCUT2D eigenvalue weighted by Crippen LogP contribution is -2.43. The summed E-state index contributed by atoms with van der Waals surface area (Å²) in [5.74, 6) is 1.62. The van der Waals surface area contributed by atoms with Gasteiger partial charge < -0.3 is 16.4 Å². The standard InChI is InChI=1S/C12H21N5/c1-8(2)10-6-11(16-12(14)15-10)17-5-3-4-9(13)7-17/h6,8-9H,3-5,7,13H2,1-2H3,(H2,14,15,16)/t9-/m0/s1. The third-order valence-corrected chi connectivity index (χ3v) is 3.12. The molecule has 5 heteroatoms. The fourth-order valence-electron chi connectivity index (χ4n) is 2.15. The van der Waals surface area contributed by atoms with Gasteiger partial charge in [-0.1, -0.05) is 13.8 Å². The Morgan fingerprint density at radius 1 is 1.41 bits per heavy atom. The van der Waals surface area contributed by atoms with Crippen molar-refractivity contribution in [2.24, 2.45) is 5.73 Å². The molecule has 5 nitrogen and oxygen atoms in total. The maximum Gasteiger partial charge on any atom is 0.222 e. The number of hydrogen-bond donors (Lipinski definition) is 2. The number of nitrogens with two attached hydrogens (primary N) is 2. The molecular formula is C12H21N5. The first-order chi connectivity index (χ1) is 8.06. The molecule has 1 aromatic rings. The van der Waals surface area contributed by atoms with Crippen LogP contribution in [0.2, 0.25) is 0 Å². The van der Waals surface area contributed by atoms with Gasteiger partial charge in [0, 0.05) is 25.2 Å². The quantitative estimate of drug-likeness (QED) is 0.802. The van der Waals surface area contributed by atoms with E-state index in [1.807, 2.05) is 6.07 Å². The van der Waals surface area contributed by atoms with E-state index in [1.165, 1.54) is 0 Å². The minimum absolute atomic E-state index is 0.238. The second kappa shape index (κ2) is 4.87. The Morgan fingerprint density at radius 2 is 2.18 bits per heavy atom. The molecule has 0 radical (unpaired) electrons. The molecule has 0 aromatic carbocycles. The van der Waals surface area contributed by atoms with E-state index < -0.39 is 0 Å². The van der Waals surface area contributed by atoms with Crippen molar-refractivity contribution in [3.05, 3.63) is 11.8 Å². The maximum atomic E-state index is 5.98. The first-order valence-electron chi connectivity index (χ1n) is 6.21. The highest BCUT2D eigenvalue weighted by atomic mass is 15.2. The number of hydrogen-bond acceptors (Lipinski definition) is 5. The van der Waals surface area contributed by atoms with E-state index in [0.29, 0.717) is 11.9 Å². The topological polar surface area (TPSA) is 81.1 Å². The summed E-state index contributed by atoms with van der Waals surface area (Å²) in [6, 6.07) is 2.27. The number of nitrogens with zero attached hydrogens (tertiary/aromatic N) is 3. The van der Waals surface area contributed by atoms with Gasteiger partial charge in [-0.3, -0.25) is 0 Å². The minimum atomic E-state index is 0.238. The molecule has 17 heavy (non-hydrogen) atoms. The molecule has 0 bridgehead atoms. The average molecular weight is 235 g/mol. The van der Waals surface area contributed by atoms with Gasteiger partial charge >= 0.3 is 0 Å². The molecule has 94 valence electrons. The van der Waals surface area contributed by atoms with Crippen molar-refractivity contribution in [2.75, 3.05) is 23.7 Å². The lowest BCUT2D eigenvalue weighted by molar-refractivity contribution is 0.503. The zero-order valence-corrected chi connectivity index (χ0v) is 10.6. The van der Waals surface area contributed by atoms with E-state index in [1.54, 1.807) is 0 Å². The van der Waals surface area contributed by atoms with Gasteiger partial charge in [-0.25, -0.2) is 4.98 Å². The van der Waals surface area contributed by atoms with Crippen LogP contribution in [0.1, 0.15) is 38.3 Å². The Balaban J connectivity index is 2.25. The van der Waals surface area contributed by atoms with E-state index in [-0.39, 0.29) is 6.04 Å². The SMILES string of the molecule is CC(C)c1cc(N2CCC[C@H](N)C2)nc(N)n1. The van der Waals surface area contributed by atoms with Gasteiger partial charge in [0.15, 0.2) is 0 Å². The number of nitrogen functional groups attached to an aromatic ring is 1. The Morgan fingerprint density at radius 3 is 2.82 bits per heavy atom. The van der Waals surface area contributed by atoms with E-state index in [9.17, 15) is 0 Å². The van der Waals surface area contributed by atoms with Crippen molar-refractivity contribution in [1.29, 1.82) is 0 Å². The second-order valence-electron chi connectivity index (χ2n) is 5.01. The lowest BCUT2D eigenvalue weighted by Gasteiger charge is -2.32. The largest absolute Gasteiger partial charge is 0.368 e. The van der Waals surface area contributed by atoms with Gasteiger partial charge in [0.05, 0.1) is 5.69 Å². The zero-order valence-electron chi connectivity index (χ0n) is 10.6. The Bertz CT molecular complexity index is 390. The summed E-state index contributed by atoms with van der Waals surface area (Å²) in [5, 5.41) is 0. The van der Waals surface area contributed by atoms with E-state index in [2.05, 4.69) is 28.7 Å². The number of piperidine rings is 1. The normalized spacial score (nSPS) is 20.9. The summed E-state index contributed by atoms with van der Waals surface area (Å²) in [6.45, 7) is 6.07. The van der Waals surface area contributed by atoms with Gasteiger partial charge in [0.2, 0.25) is 5.95 Å². The molecule has 0 aliphatic carbocycles. The highest BCUT2D eigenvalue weighted by molar-refractivity contribution is 5.44. The second-order valence-corrected chi connectivity index (χ2v) is 5.01. The summed E-state index contributed by atoms with van der Waals surface area (Å²) in [7, 11) is 0. The summed E-state index contributed by atoms with van der Waals surface area (Å²) >= 11 is 0. The van der Waals surface area contributed by atoms with Crippen molar-refractivity contribution >= 4 is 11.8 Å². The molecular weight excluding hydrogens is 214 g/mol. The van der Waals surface area contributed by atoms with Crippen LogP contribution in [-0.2, 0) is 0 Å². The number of anilines is 2. The molecule has 0 spiro atoms. The predicted molar refractivity (Wildman–Crippen MR) is 70.0 cm³/mol. The van der Waals surface area contributed by atoms with Gasteiger partial charge in [-0.05, 0) is 18.8 Å². The molecule has 2 heterocycles. The lowest BCUT2D eigenvalue weighted by atomic mass is 10.1. The molecule has 1 fully saturated rings. The van der Waals surface area contributed by atoms with Gasteiger partial charge in [0.25, 0.3) is 0 Å². The molecule has 0 amide bonds. The van der Waals surface area contributed by atoms with Crippen LogP contribution in [0.3, 0.4) is 0 Å². The first kappa shape index (κ1) is 12.1. The molecule has 2 rings (SSSR count). The highest BCUT2D eigenvalue weighted by Crippen LogP contribution is 2.22. The molecule has 0 unspecified atom stereocenters. The Hall–Kier alpha value is -1.36. The average Bonchev–Trinajstić information content (AvgIpc) is 2.28. The monoisotopic (exact) mass is 235 g/mol. The van der Waals surface area contributed by atoms with Crippen molar-refractivity contribution in [2.45, 2.75) is 38.6 Å². The summed E-state index contributed by atoms with van der Waals surface area (Å²) in [6.07, 6.45) is 2.20. The van der Waals surface area contributed by atoms with E-state index >= 15 is 0 Å². The number of aromatic nitrogens is 2. The smallest absolute Gasteiger partial charge is 0.222 e. The van der Waals surface area contributed by atoms with Crippen LogP contribution >= 0.6 is 0 Å². The highest BCUT2D eigenvalue weighted by Gasteiger charge is 2.19. The van der Waals surface area contributed by atoms with Crippen molar-refractivity contribution < 1.29 is 0 Å². The maximum absolute atomic E-state index is 5.98. The van der Waals surface area contributed by atoms with Crippen LogP contribution in [0.5, 0.6) is 0 Å². The van der Waals surface area contributed by atoms with Crippen LogP contribution in [0, 0.1) is 0 Å². The van der Waals surface area contributed by atoms with Gasteiger partial charge in [-0.15, -0.1) is 0 Å². The molecule has 1 aromatic heterocycles. The zero-order chi connectivity index (χ0) is 12.4.